The summed E-state index contributed by atoms with van der Waals surface area (Å²) >= 11 is 1.88. The van der Waals surface area contributed by atoms with Gasteiger partial charge in [0.25, 0.3) is 0 Å². The largest absolute Gasteiger partial charge is 0.349 e. The van der Waals surface area contributed by atoms with Gasteiger partial charge in [-0.2, -0.15) is 0 Å². The number of aryl methyl sites for hydroxylation is 2. The number of nitrogens with one attached hydrogen (secondary N) is 1. The van der Waals surface area contributed by atoms with Crippen LogP contribution in [0.3, 0.4) is 0 Å². The van der Waals surface area contributed by atoms with Gasteiger partial charge in [-0.3, -0.25) is 0 Å². The van der Waals surface area contributed by atoms with E-state index in [2.05, 4.69) is 70.3 Å². The third-order valence-corrected chi connectivity index (χ3v) is 14.0. The van der Waals surface area contributed by atoms with E-state index >= 15 is 0 Å². The number of aromatic nitrogens is 1. The second-order valence-electron chi connectivity index (χ2n) is 14.9. The van der Waals surface area contributed by atoms with Gasteiger partial charge in [-0.25, -0.2) is 4.98 Å². The Bertz CT molecular complexity index is 1360. The third-order valence-electron chi connectivity index (χ3n) is 12.9. The molecule has 0 bridgehead atoms. The Morgan fingerprint density at radius 1 is 1.05 bits per heavy atom. The standard InChI is InChI=1S/C35H46N2O2S/c1-20-12-17-35(38-19-20)22(3)30-29(39-35)18-26-23-10-11-25-31-28(14-16-33(25,4)24(23)13-15-34(26,30)5)37-32(40-31)36-27-9-7-6-8-21(27)2/h6-9,11,20,22-24,26,29-30H,10,12-19H2,1-5H3,(H,36,37)/t20-,22+,23-,24+,26+,29+,30+,33-,34+,35-/m1/s1. The molecule has 1 spiro atoms. The molecule has 3 heterocycles. The van der Waals surface area contributed by atoms with Crippen molar-refractivity contribution in [2.24, 2.45) is 46.3 Å². The molecule has 2 saturated heterocycles. The summed E-state index contributed by atoms with van der Waals surface area (Å²) in [5.74, 6) is 3.79. The lowest BCUT2D eigenvalue weighted by Gasteiger charge is -2.57. The summed E-state index contributed by atoms with van der Waals surface area (Å²) in [5, 5.41) is 4.69. The maximum Gasteiger partial charge on any atom is 0.187 e. The minimum atomic E-state index is -0.311. The molecule has 2 aromatic rings. The second-order valence-corrected chi connectivity index (χ2v) is 15.9. The van der Waals surface area contributed by atoms with Crippen molar-refractivity contribution in [3.63, 3.8) is 0 Å². The normalized spacial score (nSPS) is 45.2. The first-order valence-corrected chi connectivity index (χ1v) is 16.9. The molecule has 1 aromatic heterocycles. The summed E-state index contributed by atoms with van der Waals surface area (Å²) in [6.07, 6.45) is 12.9. The van der Waals surface area contributed by atoms with Crippen molar-refractivity contribution in [3.8, 4) is 0 Å². The molecule has 4 nitrogen and oxygen atoms in total. The van der Waals surface area contributed by atoms with Crippen molar-refractivity contribution >= 4 is 27.7 Å². The molecule has 0 amide bonds. The van der Waals surface area contributed by atoms with Gasteiger partial charge in [0.15, 0.2) is 10.9 Å². The van der Waals surface area contributed by atoms with Crippen LogP contribution in [0.5, 0.6) is 0 Å². The average molecular weight is 559 g/mol. The van der Waals surface area contributed by atoms with Gasteiger partial charge in [0, 0.05) is 18.0 Å². The van der Waals surface area contributed by atoms with Crippen LogP contribution in [0, 0.1) is 53.3 Å². The maximum absolute atomic E-state index is 7.00. The number of hydrogen-bond acceptors (Lipinski definition) is 5. The number of fused-ring (bicyclic) bond motifs is 9. The molecule has 5 heteroatoms. The van der Waals surface area contributed by atoms with Gasteiger partial charge >= 0.3 is 0 Å². The number of nitrogens with zero attached hydrogens (tertiary/aromatic N) is 1. The molecule has 0 unspecified atom stereocenters. The van der Waals surface area contributed by atoms with E-state index in [9.17, 15) is 0 Å². The van der Waals surface area contributed by atoms with Gasteiger partial charge in [0.05, 0.1) is 23.3 Å². The monoisotopic (exact) mass is 558 g/mol. The van der Waals surface area contributed by atoms with Crippen molar-refractivity contribution in [1.82, 2.24) is 4.98 Å². The number of ether oxygens (including phenoxy) is 2. The molecule has 4 aliphatic carbocycles. The number of anilines is 2. The molecule has 6 aliphatic rings. The van der Waals surface area contributed by atoms with E-state index < -0.39 is 0 Å². The Morgan fingerprint density at radius 3 is 2.70 bits per heavy atom. The van der Waals surface area contributed by atoms with Gasteiger partial charge in [0.2, 0.25) is 0 Å². The van der Waals surface area contributed by atoms with E-state index in [1.165, 1.54) is 60.3 Å². The smallest absolute Gasteiger partial charge is 0.187 e. The van der Waals surface area contributed by atoms with E-state index in [4.69, 9.17) is 14.5 Å². The molecule has 2 aliphatic heterocycles. The molecule has 214 valence electrons. The summed E-state index contributed by atoms with van der Waals surface area (Å²) in [5.41, 5.74) is 5.99. The van der Waals surface area contributed by atoms with Crippen LogP contribution < -0.4 is 5.32 Å². The average Bonchev–Trinajstić information content (AvgIpc) is 3.56. The predicted molar refractivity (Wildman–Crippen MR) is 163 cm³/mol. The van der Waals surface area contributed by atoms with E-state index in [0.29, 0.717) is 29.3 Å². The van der Waals surface area contributed by atoms with Crippen LogP contribution in [0.2, 0.25) is 0 Å². The minimum Gasteiger partial charge on any atom is -0.349 e. The Morgan fingerprint density at radius 2 is 1.90 bits per heavy atom. The fourth-order valence-corrected chi connectivity index (χ4v) is 12.0. The number of hydrogen-bond donors (Lipinski definition) is 1. The number of benzene rings is 1. The van der Waals surface area contributed by atoms with E-state index in [1.807, 2.05) is 11.3 Å². The molecule has 1 N–H and O–H groups in total. The second kappa shape index (κ2) is 8.91. The van der Waals surface area contributed by atoms with Crippen LogP contribution in [-0.4, -0.2) is 23.5 Å². The van der Waals surface area contributed by atoms with Crippen LogP contribution in [0.4, 0.5) is 10.8 Å². The van der Waals surface area contributed by atoms with Crippen molar-refractivity contribution in [3.05, 3.63) is 46.5 Å². The van der Waals surface area contributed by atoms with Crippen LogP contribution >= 0.6 is 11.3 Å². The van der Waals surface area contributed by atoms with E-state index in [0.717, 1.165) is 42.3 Å². The zero-order valence-corrected chi connectivity index (χ0v) is 25.8. The third kappa shape index (κ3) is 3.53. The zero-order chi connectivity index (χ0) is 27.4. The molecular weight excluding hydrogens is 512 g/mol. The highest BCUT2D eigenvalue weighted by Gasteiger charge is 2.68. The lowest BCUT2D eigenvalue weighted by molar-refractivity contribution is -0.272. The highest BCUT2D eigenvalue weighted by atomic mass is 32.1. The molecule has 8 rings (SSSR count). The Hall–Kier alpha value is -1.69. The quantitative estimate of drug-likeness (QED) is 0.400. The van der Waals surface area contributed by atoms with Crippen molar-refractivity contribution in [2.45, 2.75) is 97.9 Å². The molecule has 4 fully saturated rings. The van der Waals surface area contributed by atoms with Crippen LogP contribution in [-0.2, 0) is 15.9 Å². The molecular formula is C35H46N2O2S. The van der Waals surface area contributed by atoms with Crippen molar-refractivity contribution in [1.29, 1.82) is 0 Å². The van der Waals surface area contributed by atoms with Crippen molar-refractivity contribution in [2.75, 3.05) is 11.9 Å². The Labute approximate surface area is 244 Å². The fourth-order valence-electron chi connectivity index (χ4n) is 10.8. The molecule has 0 radical (unpaired) electrons. The number of thiazole rings is 1. The number of rotatable bonds is 2. The van der Waals surface area contributed by atoms with E-state index in [-0.39, 0.29) is 11.2 Å². The zero-order valence-electron chi connectivity index (χ0n) is 25.0. The van der Waals surface area contributed by atoms with Crippen LogP contribution in [0.1, 0.15) is 88.8 Å². The van der Waals surface area contributed by atoms with Gasteiger partial charge in [0.1, 0.15) is 0 Å². The first kappa shape index (κ1) is 26.0. The predicted octanol–water partition coefficient (Wildman–Crippen LogP) is 8.78. The molecule has 2 saturated carbocycles. The highest BCUT2D eigenvalue weighted by Crippen LogP contribution is 2.71. The van der Waals surface area contributed by atoms with Gasteiger partial charge < -0.3 is 14.8 Å². The van der Waals surface area contributed by atoms with E-state index in [1.54, 1.807) is 5.57 Å². The summed E-state index contributed by atoms with van der Waals surface area (Å²) in [4.78, 5) is 6.57. The van der Waals surface area contributed by atoms with Gasteiger partial charge in [-0.15, -0.1) is 0 Å². The fraction of sp³-hybridized carbons (Fsp3) is 0.686. The lowest BCUT2D eigenvalue weighted by atomic mass is 9.47. The summed E-state index contributed by atoms with van der Waals surface area (Å²) in [6, 6.07) is 8.53. The number of allylic oxidation sites excluding steroid dienone is 2. The lowest BCUT2D eigenvalue weighted by Crippen LogP contribution is -2.51. The first-order valence-electron chi connectivity index (χ1n) is 16.1. The SMILES string of the molecule is Cc1ccccc1Nc1nc2c(s1)C1=CC[C@H]3[C@@H]4C[C@@H]5O[C@]6(CC[C@@H](C)CO6)[C@@H](C)[C@@H]5[C@@]4(C)CC[C@@H]3[C@@]1(C)CC2. The topological polar surface area (TPSA) is 43.4 Å². The highest BCUT2D eigenvalue weighted by molar-refractivity contribution is 7.16. The summed E-state index contributed by atoms with van der Waals surface area (Å²) in [6.45, 7) is 13.1. The first-order chi connectivity index (χ1) is 19.2. The maximum atomic E-state index is 7.00. The van der Waals surface area contributed by atoms with Gasteiger partial charge in [-0.1, -0.05) is 63.3 Å². The number of para-hydroxylation sites is 1. The molecule has 40 heavy (non-hydrogen) atoms. The van der Waals surface area contributed by atoms with Crippen LogP contribution in [0.15, 0.2) is 30.3 Å². The summed E-state index contributed by atoms with van der Waals surface area (Å²) < 4.78 is 13.5. The van der Waals surface area contributed by atoms with Crippen LogP contribution in [0.25, 0.3) is 5.57 Å². The summed E-state index contributed by atoms with van der Waals surface area (Å²) in [7, 11) is 0. The minimum absolute atomic E-state index is 0.262. The van der Waals surface area contributed by atoms with Gasteiger partial charge in [-0.05, 0) is 109 Å². The molecule has 1 aromatic carbocycles. The van der Waals surface area contributed by atoms with Crippen molar-refractivity contribution < 1.29 is 9.47 Å². The molecule has 10 atom stereocenters. The Kier molecular flexibility index (Phi) is 5.78. The Balaban J connectivity index is 1.07.